The Bertz CT molecular complexity index is 942. The Hall–Kier alpha value is -1.22. The van der Waals surface area contributed by atoms with Crippen molar-refractivity contribution >= 4 is 11.8 Å². The quantitative estimate of drug-likeness (QED) is 0.0614. The largest absolute Gasteiger partial charge is 0.396 e. The summed E-state index contributed by atoms with van der Waals surface area (Å²) >= 11 is 0. The van der Waals surface area contributed by atoms with Crippen LogP contribution in [0.15, 0.2) is 0 Å². The minimum absolute atomic E-state index is 0.163. The molecule has 0 aromatic rings. The zero-order valence-corrected chi connectivity index (χ0v) is 42.4. The second kappa shape index (κ2) is 45.0. The van der Waals surface area contributed by atoms with E-state index in [9.17, 15) is 14.7 Å². The molecule has 1 heterocycles. The number of hydrogen-bond donors (Lipinski definition) is 1. The van der Waals surface area contributed by atoms with Gasteiger partial charge in [-0.1, -0.05) is 214 Å². The second-order valence-electron chi connectivity index (χ2n) is 19.5. The third kappa shape index (κ3) is 35.1. The zero-order valence-electron chi connectivity index (χ0n) is 42.4. The van der Waals surface area contributed by atoms with Crippen molar-refractivity contribution in [1.29, 1.82) is 0 Å². The fraction of sp³-hybridized carbons (Fsp3) is 0.963. The van der Waals surface area contributed by atoms with Gasteiger partial charge in [0.15, 0.2) is 0 Å². The van der Waals surface area contributed by atoms with Gasteiger partial charge in [-0.15, -0.1) is 0 Å². The van der Waals surface area contributed by atoms with Crippen molar-refractivity contribution in [2.45, 2.75) is 246 Å². The van der Waals surface area contributed by atoms with Crippen molar-refractivity contribution in [3.63, 3.8) is 0 Å². The molecule has 0 atom stereocenters. The van der Waals surface area contributed by atoms with Gasteiger partial charge >= 0.3 is 0 Å². The number of aliphatic hydroxyl groups excluding tert-OH is 1. The Morgan fingerprint density at radius 1 is 0.323 bits per heavy atom. The molecule has 368 valence electrons. The van der Waals surface area contributed by atoms with E-state index in [1.54, 1.807) is 0 Å². The lowest BCUT2D eigenvalue weighted by Crippen LogP contribution is -2.54. The molecule has 62 heavy (non-hydrogen) atoms. The van der Waals surface area contributed by atoms with Gasteiger partial charge in [0.25, 0.3) is 0 Å². The normalized spacial score (nSPS) is 13.4. The summed E-state index contributed by atoms with van der Waals surface area (Å²) in [6.45, 7) is 19.9. The summed E-state index contributed by atoms with van der Waals surface area (Å²) in [5.41, 5.74) is 0. The van der Waals surface area contributed by atoms with Gasteiger partial charge in [0.2, 0.25) is 11.8 Å². The highest BCUT2D eigenvalue weighted by Crippen LogP contribution is 2.15. The molecule has 2 amide bonds. The molecule has 0 bridgehead atoms. The fourth-order valence-corrected chi connectivity index (χ4v) is 9.29. The summed E-state index contributed by atoms with van der Waals surface area (Å²) in [7, 11) is 0. The third-order valence-corrected chi connectivity index (χ3v) is 13.6. The van der Waals surface area contributed by atoms with Gasteiger partial charge in [-0.2, -0.15) is 0 Å². The van der Waals surface area contributed by atoms with Crippen LogP contribution >= 0.6 is 0 Å². The van der Waals surface area contributed by atoms with E-state index in [2.05, 4.69) is 42.4 Å². The first-order valence-corrected chi connectivity index (χ1v) is 27.8. The number of hydrogen-bond acceptors (Lipinski definition) is 6. The molecule has 1 aliphatic rings. The third-order valence-electron chi connectivity index (χ3n) is 13.6. The van der Waals surface area contributed by atoms with E-state index in [0.717, 1.165) is 39.1 Å². The molecule has 0 saturated carbocycles. The van der Waals surface area contributed by atoms with Gasteiger partial charge in [-0.3, -0.25) is 19.4 Å². The molecule has 8 heteroatoms. The molecule has 1 saturated heterocycles. The summed E-state index contributed by atoms with van der Waals surface area (Å²) in [6, 6.07) is 0. The van der Waals surface area contributed by atoms with Gasteiger partial charge in [-0.05, 0) is 58.3 Å². The number of rotatable bonds is 47. The lowest BCUT2D eigenvalue weighted by molar-refractivity contribution is -0.140. The van der Waals surface area contributed by atoms with E-state index in [0.29, 0.717) is 45.7 Å². The predicted molar refractivity (Wildman–Crippen MR) is 269 cm³/mol. The highest BCUT2D eigenvalue weighted by atomic mass is 16.3. The average Bonchev–Trinajstić information content (AvgIpc) is 3.28. The fourth-order valence-electron chi connectivity index (χ4n) is 9.29. The predicted octanol–water partition coefficient (Wildman–Crippen LogP) is 12.9. The molecule has 1 aliphatic heterocycles. The van der Waals surface area contributed by atoms with Crippen LogP contribution in [0.4, 0.5) is 0 Å². The summed E-state index contributed by atoms with van der Waals surface area (Å²) < 4.78 is 0. The Morgan fingerprint density at radius 2 is 0.548 bits per heavy atom. The molecule has 1 fully saturated rings. The van der Waals surface area contributed by atoms with Crippen molar-refractivity contribution in [3.8, 4) is 0 Å². The first-order valence-electron chi connectivity index (χ1n) is 27.8. The number of carbonyl (C=O) groups excluding carboxylic acids is 2. The minimum atomic E-state index is 0.163. The smallest absolute Gasteiger partial charge is 0.236 e. The summed E-state index contributed by atoms with van der Waals surface area (Å²) in [5, 5.41) is 9.56. The van der Waals surface area contributed by atoms with E-state index < -0.39 is 0 Å². The van der Waals surface area contributed by atoms with Gasteiger partial charge in [0.1, 0.15) is 0 Å². The maximum absolute atomic E-state index is 13.9. The molecule has 1 rings (SSSR count). The van der Waals surface area contributed by atoms with Crippen LogP contribution in [0.3, 0.4) is 0 Å². The van der Waals surface area contributed by atoms with E-state index in [1.165, 1.54) is 219 Å². The maximum atomic E-state index is 13.9. The van der Waals surface area contributed by atoms with Crippen molar-refractivity contribution in [1.82, 2.24) is 24.5 Å². The number of unbranched alkanes of at least 4 members (excludes halogenated alkanes) is 29. The number of aliphatic hydroxyl groups is 1. The van der Waals surface area contributed by atoms with Gasteiger partial charge in [0, 0.05) is 52.4 Å². The number of amides is 2. The van der Waals surface area contributed by atoms with Gasteiger partial charge in [0.05, 0.1) is 13.1 Å². The van der Waals surface area contributed by atoms with Crippen molar-refractivity contribution in [2.24, 2.45) is 0 Å². The zero-order chi connectivity index (χ0) is 45.0. The highest BCUT2D eigenvalue weighted by Gasteiger charge is 2.26. The topological polar surface area (TPSA) is 70.6 Å². The van der Waals surface area contributed by atoms with Crippen LogP contribution in [0.5, 0.6) is 0 Å². The van der Waals surface area contributed by atoms with Crippen LogP contribution in [-0.2, 0) is 9.59 Å². The van der Waals surface area contributed by atoms with Crippen LogP contribution < -0.4 is 0 Å². The lowest BCUT2D eigenvalue weighted by atomic mass is 10.1. The van der Waals surface area contributed by atoms with Crippen molar-refractivity contribution in [3.05, 3.63) is 0 Å². The highest BCUT2D eigenvalue weighted by molar-refractivity contribution is 5.80. The molecule has 0 radical (unpaired) electrons. The van der Waals surface area contributed by atoms with Crippen LogP contribution in [0.25, 0.3) is 0 Å². The van der Waals surface area contributed by atoms with E-state index in [4.69, 9.17) is 0 Å². The van der Waals surface area contributed by atoms with Crippen LogP contribution in [0, 0.1) is 0 Å². The molecular formula is C54H109N5O3. The molecule has 0 spiro atoms. The van der Waals surface area contributed by atoms with Gasteiger partial charge < -0.3 is 19.8 Å². The average molecular weight is 876 g/mol. The Balaban J connectivity index is 2.65. The Kier molecular flexibility index (Phi) is 42.6. The summed E-state index contributed by atoms with van der Waals surface area (Å²) in [4.78, 5) is 38.9. The molecule has 0 aromatic heterocycles. The number of nitrogens with zero attached hydrogens (tertiary/aromatic N) is 5. The second-order valence-corrected chi connectivity index (χ2v) is 19.5. The molecule has 0 aromatic carbocycles. The lowest BCUT2D eigenvalue weighted by Gasteiger charge is -2.37. The summed E-state index contributed by atoms with van der Waals surface area (Å²) in [5.74, 6) is 0.416. The molecule has 1 N–H and O–H groups in total. The van der Waals surface area contributed by atoms with Crippen LogP contribution in [0.2, 0.25) is 0 Å². The molecule has 0 aliphatic carbocycles. The Labute approximate surface area is 387 Å². The van der Waals surface area contributed by atoms with E-state index in [1.807, 2.05) is 9.80 Å². The van der Waals surface area contributed by atoms with E-state index in [-0.39, 0.29) is 18.4 Å². The van der Waals surface area contributed by atoms with Crippen LogP contribution in [-0.4, -0.2) is 133 Å². The standard InChI is InChI=1S/C54H109N5O3/c1-5-9-13-17-21-22-23-24-25-29-33-36-41-56(43-38-50-60)51-53(61)58-46-48-59(49-47-58)54(62)52-57(42-37-32-28-20-16-12-8-4)45-44-55(39-34-30-26-18-14-10-6-2)40-35-31-27-19-15-11-7-3/h60H,5-52H2,1-4H3. The minimum Gasteiger partial charge on any atom is -0.396 e. The SMILES string of the molecule is CCCCCCCCCCCCCCN(CCCO)CC(=O)N1CCN(C(=O)CN(CCCCCCCCC)CCN(CCCCCCCCC)CCCCCCCCC)CC1. The summed E-state index contributed by atoms with van der Waals surface area (Å²) in [6.07, 6.45) is 44.6. The van der Waals surface area contributed by atoms with Crippen molar-refractivity contribution < 1.29 is 14.7 Å². The maximum Gasteiger partial charge on any atom is 0.236 e. The monoisotopic (exact) mass is 876 g/mol. The molecule has 8 nitrogen and oxygen atoms in total. The Morgan fingerprint density at radius 3 is 0.839 bits per heavy atom. The molecule has 0 unspecified atom stereocenters. The van der Waals surface area contributed by atoms with E-state index >= 15 is 0 Å². The van der Waals surface area contributed by atoms with Crippen LogP contribution in [0.1, 0.15) is 246 Å². The van der Waals surface area contributed by atoms with Gasteiger partial charge in [-0.25, -0.2) is 0 Å². The number of piperazine rings is 1. The first-order chi connectivity index (χ1) is 30.5. The van der Waals surface area contributed by atoms with Crippen molar-refractivity contribution in [2.75, 3.05) is 91.7 Å². The first kappa shape index (κ1) is 58.8. The molecular weight excluding hydrogens is 767 g/mol. The number of carbonyl (C=O) groups is 2.